The minimum Gasteiger partial charge on any atom is -0.489 e. The highest BCUT2D eigenvalue weighted by atomic mass is 35.5. The lowest BCUT2D eigenvalue weighted by atomic mass is 10.1. The molecular weight excluding hydrogens is 422 g/mol. The van der Waals surface area contributed by atoms with Crippen molar-refractivity contribution in [1.82, 2.24) is 0 Å². The van der Waals surface area contributed by atoms with Gasteiger partial charge in [-0.1, -0.05) is 60.1 Å². The number of ether oxygens (including phenoxy) is 1. The summed E-state index contributed by atoms with van der Waals surface area (Å²) in [5.74, 6) is 1.37. The van der Waals surface area contributed by atoms with Gasteiger partial charge in [0.1, 0.15) is 18.1 Å². The zero-order valence-electron chi connectivity index (χ0n) is 18.0. The van der Waals surface area contributed by atoms with Gasteiger partial charge in [-0.15, -0.1) is 0 Å². The molecule has 162 valence electrons. The van der Waals surface area contributed by atoms with Crippen molar-refractivity contribution in [3.05, 3.63) is 118 Å². The molecule has 0 bridgehead atoms. The fourth-order valence-electron chi connectivity index (χ4n) is 3.53. The molecule has 1 aromatic heterocycles. The first-order valence-electron chi connectivity index (χ1n) is 10.4. The highest BCUT2D eigenvalue weighted by Crippen LogP contribution is 2.27. The highest BCUT2D eigenvalue weighted by molar-refractivity contribution is 6.30. The molecule has 4 rings (SSSR count). The summed E-state index contributed by atoms with van der Waals surface area (Å²) in [4.78, 5) is 12.7. The largest absolute Gasteiger partial charge is 0.489 e. The molecule has 1 amide bonds. The third-order valence-electron chi connectivity index (χ3n) is 5.23. The fourth-order valence-corrected chi connectivity index (χ4v) is 3.73. The van der Waals surface area contributed by atoms with Gasteiger partial charge < -0.3 is 14.5 Å². The number of amides is 1. The highest BCUT2D eigenvalue weighted by Gasteiger charge is 2.15. The molecule has 4 aromatic rings. The number of para-hydroxylation sites is 1. The molecule has 0 unspecified atom stereocenters. The Morgan fingerprint density at radius 1 is 0.938 bits per heavy atom. The van der Waals surface area contributed by atoms with Crippen LogP contribution in [0.25, 0.3) is 0 Å². The number of furan rings is 1. The molecule has 0 saturated heterocycles. The summed E-state index contributed by atoms with van der Waals surface area (Å²) in [5, 5.41) is 3.57. The lowest BCUT2D eigenvalue weighted by molar-refractivity contribution is 0.0995. The summed E-state index contributed by atoms with van der Waals surface area (Å²) < 4.78 is 11.9. The first kappa shape index (κ1) is 21.7. The number of carbonyl (C=O) groups excluding carboxylic acids is 1. The van der Waals surface area contributed by atoms with E-state index in [-0.39, 0.29) is 11.7 Å². The van der Waals surface area contributed by atoms with Crippen LogP contribution in [-0.2, 0) is 13.0 Å². The number of benzene rings is 3. The van der Waals surface area contributed by atoms with E-state index < -0.39 is 0 Å². The van der Waals surface area contributed by atoms with Crippen LogP contribution in [0, 0.1) is 13.8 Å². The minimum absolute atomic E-state index is 0.261. The van der Waals surface area contributed by atoms with E-state index in [9.17, 15) is 4.79 Å². The summed E-state index contributed by atoms with van der Waals surface area (Å²) in [6.07, 6.45) is 0.460. The van der Waals surface area contributed by atoms with Gasteiger partial charge in [0.2, 0.25) is 0 Å². The molecule has 0 fully saturated rings. The van der Waals surface area contributed by atoms with Crippen molar-refractivity contribution in [1.29, 1.82) is 0 Å². The molecule has 0 spiro atoms. The van der Waals surface area contributed by atoms with Crippen molar-refractivity contribution in [3.63, 3.8) is 0 Å². The number of halogens is 1. The van der Waals surface area contributed by atoms with Crippen LogP contribution in [0.1, 0.15) is 38.6 Å². The molecule has 0 radical (unpaired) electrons. The number of hydrogen-bond donors (Lipinski definition) is 1. The molecule has 5 heteroatoms. The molecule has 1 heterocycles. The Balaban J connectivity index is 1.48. The summed E-state index contributed by atoms with van der Waals surface area (Å²) in [7, 11) is 0. The van der Waals surface area contributed by atoms with E-state index in [4.69, 9.17) is 20.8 Å². The molecule has 0 atom stereocenters. The van der Waals surface area contributed by atoms with Crippen molar-refractivity contribution in [2.45, 2.75) is 26.9 Å². The number of rotatable bonds is 7. The smallest absolute Gasteiger partial charge is 0.291 e. The second-order valence-corrected chi connectivity index (χ2v) is 8.13. The van der Waals surface area contributed by atoms with Gasteiger partial charge in [0, 0.05) is 22.7 Å². The standard InChI is InChI=1S/C27H24ClNO3/c1-18-7-6-8-19(2)26(18)29-27(30)25-14-12-23(32-25)16-21-15-22(28)11-13-24(21)31-17-20-9-4-3-5-10-20/h3-15H,16-17H2,1-2H3,(H,29,30). The predicted molar refractivity (Wildman–Crippen MR) is 128 cm³/mol. The number of aryl methyl sites for hydroxylation is 2. The van der Waals surface area contributed by atoms with Crippen molar-refractivity contribution in [3.8, 4) is 5.75 Å². The zero-order valence-corrected chi connectivity index (χ0v) is 18.8. The van der Waals surface area contributed by atoms with Crippen LogP contribution in [0.15, 0.2) is 83.3 Å². The van der Waals surface area contributed by atoms with Crippen LogP contribution >= 0.6 is 11.6 Å². The van der Waals surface area contributed by atoms with Gasteiger partial charge in [-0.2, -0.15) is 0 Å². The maximum absolute atomic E-state index is 12.7. The number of nitrogens with one attached hydrogen (secondary N) is 1. The monoisotopic (exact) mass is 445 g/mol. The third kappa shape index (κ3) is 5.21. The minimum atomic E-state index is -0.278. The lowest BCUT2D eigenvalue weighted by Gasteiger charge is -2.12. The van der Waals surface area contributed by atoms with Crippen LogP contribution in [0.5, 0.6) is 5.75 Å². The lowest BCUT2D eigenvalue weighted by Crippen LogP contribution is -2.12. The first-order valence-corrected chi connectivity index (χ1v) is 10.8. The zero-order chi connectivity index (χ0) is 22.5. The molecule has 4 nitrogen and oxygen atoms in total. The van der Waals surface area contributed by atoms with E-state index in [1.54, 1.807) is 12.1 Å². The van der Waals surface area contributed by atoms with Crippen molar-refractivity contribution in [2.75, 3.05) is 5.32 Å². The van der Waals surface area contributed by atoms with E-state index >= 15 is 0 Å². The van der Waals surface area contributed by atoms with E-state index in [0.717, 1.165) is 33.7 Å². The Hall–Kier alpha value is -3.50. The molecule has 0 aliphatic heterocycles. The quantitative estimate of drug-likeness (QED) is 0.334. The summed E-state index contributed by atoms with van der Waals surface area (Å²) in [6.45, 7) is 4.38. The Kier molecular flexibility index (Phi) is 6.62. The topological polar surface area (TPSA) is 51.5 Å². The third-order valence-corrected chi connectivity index (χ3v) is 5.46. The normalized spacial score (nSPS) is 10.7. The van der Waals surface area contributed by atoms with E-state index in [1.165, 1.54) is 0 Å². The molecule has 1 N–H and O–H groups in total. The van der Waals surface area contributed by atoms with Gasteiger partial charge in [0.15, 0.2) is 5.76 Å². The van der Waals surface area contributed by atoms with Crippen molar-refractivity contribution >= 4 is 23.2 Å². The Morgan fingerprint density at radius 3 is 2.44 bits per heavy atom. The average molecular weight is 446 g/mol. The van der Waals surface area contributed by atoms with Crippen LogP contribution < -0.4 is 10.1 Å². The fraction of sp³-hybridized carbons (Fsp3) is 0.148. The first-order chi connectivity index (χ1) is 15.5. The average Bonchev–Trinajstić information content (AvgIpc) is 3.25. The van der Waals surface area contributed by atoms with Crippen LogP contribution in [0.2, 0.25) is 5.02 Å². The van der Waals surface area contributed by atoms with Crippen molar-refractivity contribution < 1.29 is 13.9 Å². The van der Waals surface area contributed by atoms with Crippen molar-refractivity contribution in [2.24, 2.45) is 0 Å². The van der Waals surface area contributed by atoms with E-state index in [2.05, 4.69) is 5.32 Å². The van der Waals surface area contributed by atoms with Crippen LogP contribution in [0.4, 0.5) is 5.69 Å². The van der Waals surface area contributed by atoms with Crippen LogP contribution in [0.3, 0.4) is 0 Å². The maximum Gasteiger partial charge on any atom is 0.291 e. The number of carbonyl (C=O) groups is 1. The predicted octanol–water partition coefficient (Wildman–Crippen LogP) is 6.97. The van der Waals surface area contributed by atoms with Gasteiger partial charge in [0.25, 0.3) is 5.91 Å². The van der Waals surface area contributed by atoms with E-state index in [0.29, 0.717) is 23.8 Å². The van der Waals surface area contributed by atoms with E-state index in [1.807, 2.05) is 80.6 Å². The summed E-state index contributed by atoms with van der Waals surface area (Å²) >= 11 is 6.23. The molecule has 0 saturated carbocycles. The molecular formula is C27H24ClNO3. The SMILES string of the molecule is Cc1cccc(C)c1NC(=O)c1ccc(Cc2cc(Cl)ccc2OCc2ccccc2)o1. The van der Waals surface area contributed by atoms with Gasteiger partial charge in [-0.05, 0) is 60.9 Å². The Morgan fingerprint density at radius 2 is 1.69 bits per heavy atom. The number of anilines is 1. The molecule has 3 aromatic carbocycles. The molecule has 32 heavy (non-hydrogen) atoms. The molecule has 0 aliphatic carbocycles. The van der Waals surface area contributed by atoms with Gasteiger partial charge in [0.05, 0.1) is 0 Å². The second-order valence-electron chi connectivity index (χ2n) is 7.69. The molecule has 0 aliphatic rings. The second kappa shape index (κ2) is 9.75. The summed E-state index contributed by atoms with van der Waals surface area (Å²) in [5.41, 5.74) is 4.79. The Labute approximate surface area is 192 Å². The summed E-state index contributed by atoms with van der Waals surface area (Å²) in [6, 6.07) is 24.9. The van der Waals surface area contributed by atoms with Gasteiger partial charge >= 0.3 is 0 Å². The van der Waals surface area contributed by atoms with Crippen LogP contribution in [-0.4, -0.2) is 5.91 Å². The van der Waals surface area contributed by atoms with Gasteiger partial charge in [-0.25, -0.2) is 0 Å². The van der Waals surface area contributed by atoms with Gasteiger partial charge in [-0.3, -0.25) is 4.79 Å². The maximum atomic E-state index is 12.7. The Bertz CT molecular complexity index is 1210. The number of hydrogen-bond acceptors (Lipinski definition) is 3.